The van der Waals surface area contributed by atoms with E-state index in [1.165, 1.54) is 5.56 Å². The molecule has 0 aliphatic heterocycles. The Morgan fingerprint density at radius 3 is 2.32 bits per heavy atom. The van der Waals surface area contributed by atoms with Crippen LogP contribution in [0.25, 0.3) is 0 Å². The van der Waals surface area contributed by atoms with Crippen molar-refractivity contribution in [3.8, 4) is 0 Å². The molecule has 0 aliphatic rings. The van der Waals surface area contributed by atoms with Gasteiger partial charge < -0.3 is 0 Å². The van der Waals surface area contributed by atoms with Gasteiger partial charge >= 0.3 is 0 Å². The Morgan fingerprint density at radius 1 is 1.00 bits per heavy atom. The van der Waals surface area contributed by atoms with Crippen LogP contribution in [0.2, 0.25) is 0 Å². The van der Waals surface area contributed by atoms with E-state index in [2.05, 4.69) is 10.8 Å². The lowest BCUT2D eigenvalue weighted by atomic mass is 10.0. The first-order valence-corrected chi connectivity index (χ1v) is 9.05. The van der Waals surface area contributed by atoms with Crippen molar-refractivity contribution in [3.63, 3.8) is 0 Å². The summed E-state index contributed by atoms with van der Waals surface area (Å²) in [7, 11) is -3.38. The topological polar surface area (TPSA) is 46.2 Å². The summed E-state index contributed by atoms with van der Waals surface area (Å²) in [5.74, 6) is 0.00885. The molecule has 0 aliphatic carbocycles. The lowest BCUT2D eigenvalue weighted by molar-refractivity contribution is 0.565. The predicted molar refractivity (Wildman–Crippen MR) is 91.3 cm³/mol. The summed E-state index contributed by atoms with van der Waals surface area (Å²) >= 11 is 0. The van der Waals surface area contributed by atoms with Crippen molar-refractivity contribution >= 4 is 10.0 Å². The average molecular weight is 317 g/mol. The van der Waals surface area contributed by atoms with E-state index >= 15 is 0 Å². The van der Waals surface area contributed by atoms with Gasteiger partial charge in [0.1, 0.15) is 0 Å². The minimum absolute atomic E-state index is 0.00885. The fourth-order valence-electron chi connectivity index (χ4n) is 2.66. The molecule has 0 fully saturated rings. The van der Waals surface area contributed by atoms with Crippen LogP contribution >= 0.6 is 0 Å². The zero-order valence-electron chi connectivity index (χ0n) is 13.6. The Bertz CT molecular complexity index is 766. The molecule has 2 aromatic carbocycles. The van der Waals surface area contributed by atoms with Crippen molar-refractivity contribution in [3.05, 3.63) is 70.3 Å². The Morgan fingerprint density at radius 2 is 1.68 bits per heavy atom. The number of benzene rings is 2. The first-order chi connectivity index (χ1) is 10.3. The normalized spacial score (nSPS) is 13.1. The lowest BCUT2D eigenvalue weighted by Crippen LogP contribution is -2.28. The standard InChI is InChI=1S/C18H23NO2S/c1-13-9-10-18(15(3)11-13)16(4)19-22(20,21)12-17-8-6-5-7-14(17)2/h5-11,16,19H,12H2,1-4H3. The summed E-state index contributed by atoms with van der Waals surface area (Å²) in [6.45, 7) is 7.85. The van der Waals surface area contributed by atoms with E-state index in [-0.39, 0.29) is 11.8 Å². The molecule has 118 valence electrons. The van der Waals surface area contributed by atoms with Gasteiger partial charge in [-0.05, 0) is 49.9 Å². The smallest absolute Gasteiger partial charge is 0.212 e. The van der Waals surface area contributed by atoms with E-state index < -0.39 is 10.0 Å². The first kappa shape index (κ1) is 16.7. The van der Waals surface area contributed by atoms with Gasteiger partial charge in [0.05, 0.1) is 5.75 Å². The van der Waals surface area contributed by atoms with Gasteiger partial charge in [-0.1, -0.05) is 48.0 Å². The highest BCUT2D eigenvalue weighted by Crippen LogP contribution is 2.20. The third-order valence-electron chi connectivity index (χ3n) is 3.85. The maximum atomic E-state index is 12.4. The Balaban J connectivity index is 2.16. The summed E-state index contributed by atoms with van der Waals surface area (Å²) in [5, 5.41) is 0. The molecule has 0 amide bonds. The second-order valence-corrected chi connectivity index (χ2v) is 7.64. The highest BCUT2D eigenvalue weighted by molar-refractivity contribution is 7.88. The van der Waals surface area contributed by atoms with Crippen LogP contribution in [-0.2, 0) is 15.8 Å². The van der Waals surface area contributed by atoms with Crippen LogP contribution in [0, 0.1) is 20.8 Å². The molecule has 0 aromatic heterocycles. The van der Waals surface area contributed by atoms with Crippen LogP contribution in [0.4, 0.5) is 0 Å². The number of rotatable bonds is 5. The van der Waals surface area contributed by atoms with E-state index in [0.717, 1.165) is 22.3 Å². The largest absolute Gasteiger partial charge is 0.216 e. The molecule has 2 rings (SSSR count). The van der Waals surface area contributed by atoms with E-state index in [1.54, 1.807) is 0 Å². The van der Waals surface area contributed by atoms with Gasteiger partial charge in [0.15, 0.2) is 0 Å². The Hall–Kier alpha value is -1.65. The summed E-state index contributed by atoms with van der Waals surface area (Å²) in [5.41, 5.74) is 5.12. The van der Waals surface area contributed by atoms with Gasteiger partial charge in [0.2, 0.25) is 10.0 Å². The number of sulfonamides is 1. The molecule has 1 N–H and O–H groups in total. The number of hydrogen-bond acceptors (Lipinski definition) is 2. The summed E-state index contributed by atoms with van der Waals surface area (Å²) in [6, 6.07) is 13.4. The highest BCUT2D eigenvalue weighted by Gasteiger charge is 2.18. The third-order valence-corrected chi connectivity index (χ3v) is 5.26. The van der Waals surface area contributed by atoms with Gasteiger partial charge in [-0.15, -0.1) is 0 Å². The van der Waals surface area contributed by atoms with E-state index in [9.17, 15) is 8.42 Å². The second-order valence-electron chi connectivity index (χ2n) is 5.89. The number of nitrogens with one attached hydrogen (secondary N) is 1. The molecular formula is C18H23NO2S. The molecule has 3 nitrogen and oxygen atoms in total. The van der Waals surface area contributed by atoms with Crippen LogP contribution < -0.4 is 4.72 Å². The van der Waals surface area contributed by atoms with Crippen LogP contribution in [0.1, 0.15) is 40.8 Å². The molecule has 4 heteroatoms. The summed E-state index contributed by atoms with van der Waals surface area (Å²) < 4.78 is 27.6. The number of hydrogen-bond donors (Lipinski definition) is 1. The second kappa shape index (κ2) is 6.63. The molecule has 22 heavy (non-hydrogen) atoms. The van der Waals surface area contributed by atoms with E-state index in [1.807, 2.05) is 64.1 Å². The van der Waals surface area contributed by atoms with Crippen molar-refractivity contribution in [1.29, 1.82) is 0 Å². The third kappa shape index (κ3) is 4.18. The van der Waals surface area contributed by atoms with Crippen LogP contribution in [0.5, 0.6) is 0 Å². The monoisotopic (exact) mass is 317 g/mol. The Kier molecular flexibility index (Phi) is 5.04. The molecule has 0 spiro atoms. The zero-order valence-corrected chi connectivity index (χ0v) is 14.4. The fraction of sp³-hybridized carbons (Fsp3) is 0.333. The van der Waals surface area contributed by atoms with Gasteiger partial charge in [-0.3, -0.25) is 0 Å². The average Bonchev–Trinajstić information content (AvgIpc) is 2.40. The maximum absolute atomic E-state index is 12.4. The lowest BCUT2D eigenvalue weighted by Gasteiger charge is -2.17. The Labute approximate surface area is 133 Å². The van der Waals surface area contributed by atoms with Crippen molar-refractivity contribution < 1.29 is 8.42 Å². The molecule has 0 saturated carbocycles. The van der Waals surface area contributed by atoms with Crippen LogP contribution in [-0.4, -0.2) is 8.42 Å². The summed E-state index contributed by atoms with van der Waals surface area (Å²) in [4.78, 5) is 0. The molecule has 1 unspecified atom stereocenters. The van der Waals surface area contributed by atoms with Crippen LogP contribution in [0.15, 0.2) is 42.5 Å². The van der Waals surface area contributed by atoms with Crippen molar-refractivity contribution in [2.45, 2.75) is 39.5 Å². The molecule has 1 atom stereocenters. The van der Waals surface area contributed by atoms with Crippen LogP contribution in [0.3, 0.4) is 0 Å². The molecule has 0 saturated heterocycles. The molecule has 0 heterocycles. The fourth-order valence-corrected chi connectivity index (χ4v) is 4.15. The summed E-state index contributed by atoms with van der Waals surface area (Å²) in [6.07, 6.45) is 0. The maximum Gasteiger partial charge on any atom is 0.216 e. The minimum atomic E-state index is -3.38. The first-order valence-electron chi connectivity index (χ1n) is 7.40. The van der Waals surface area contributed by atoms with Gasteiger partial charge in [0, 0.05) is 6.04 Å². The molecule has 2 aromatic rings. The van der Waals surface area contributed by atoms with Gasteiger partial charge in [0.25, 0.3) is 0 Å². The SMILES string of the molecule is Cc1ccc(C(C)NS(=O)(=O)Cc2ccccc2C)c(C)c1. The number of aryl methyl sites for hydroxylation is 3. The van der Waals surface area contributed by atoms with Crippen molar-refractivity contribution in [2.24, 2.45) is 0 Å². The quantitative estimate of drug-likeness (QED) is 0.912. The molecular weight excluding hydrogens is 294 g/mol. The van der Waals surface area contributed by atoms with Gasteiger partial charge in [-0.2, -0.15) is 0 Å². The minimum Gasteiger partial charge on any atom is -0.212 e. The molecule has 0 bridgehead atoms. The van der Waals surface area contributed by atoms with Crippen molar-refractivity contribution in [2.75, 3.05) is 0 Å². The van der Waals surface area contributed by atoms with E-state index in [0.29, 0.717) is 0 Å². The highest BCUT2D eigenvalue weighted by atomic mass is 32.2. The zero-order chi connectivity index (χ0) is 16.3. The van der Waals surface area contributed by atoms with Crippen molar-refractivity contribution in [1.82, 2.24) is 4.72 Å². The van der Waals surface area contributed by atoms with E-state index in [4.69, 9.17) is 0 Å². The molecule has 0 radical (unpaired) electrons. The predicted octanol–water partition coefficient (Wildman–Crippen LogP) is 3.79. The van der Waals surface area contributed by atoms with Gasteiger partial charge in [-0.25, -0.2) is 13.1 Å².